The van der Waals surface area contributed by atoms with Gasteiger partial charge in [-0.1, -0.05) is 36.5 Å². The Bertz CT molecular complexity index is 131. The fourth-order valence-electron chi connectivity index (χ4n) is 0.558. The maximum atomic E-state index is 3.78. The fourth-order valence-corrected chi connectivity index (χ4v) is 0.558. The minimum Gasteiger partial charge on any atom is -0.412 e. The summed E-state index contributed by atoms with van der Waals surface area (Å²) in [5, 5.41) is 0. The van der Waals surface area contributed by atoms with Crippen molar-refractivity contribution in [3.63, 3.8) is 0 Å². The highest BCUT2D eigenvalue weighted by Crippen LogP contribution is 2.05. The van der Waals surface area contributed by atoms with Crippen LogP contribution < -0.4 is 0 Å². The zero-order valence-electron chi connectivity index (χ0n) is 4.72. The van der Waals surface area contributed by atoms with E-state index in [0.29, 0.717) is 0 Å². The Morgan fingerprint density at radius 3 is 2.38 bits per heavy atom. The lowest BCUT2D eigenvalue weighted by atomic mass is 10.1. The minimum atomic E-state index is 0. The summed E-state index contributed by atoms with van der Waals surface area (Å²) in [6, 6.07) is 0. The van der Waals surface area contributed by atoms with Crippen molar-refractivity contribution in [2.24, 2.45) is 0 Å². The molecule has 0 fully saturated rings. The fraction of sp³-hybridized carbons (Fsp3) is 0.143. The van der Waals surface area contributed by atoms with Gasteiger partial charge in [-0.25, -0.2) is 0 Å². The normalized spacial score (nSPS) is 15.8. The van der Waals surface area contributed by atoms with E-state index in [1.807, 2.05) is 18.2 Å². The summed E-state index contributed by atoms with van der Waals surface area (Å²) < 4.78 is 0. The molecule has 0 radical (unpaired) electrons. The predicted molar refractivity (Wildman–Crippen MR) is 35.7 cm³/mol. The van der Waals surface area contributed by atoms with Crippen LogP contribution >= 0.6 is 0 Å². The highest BCUT2D eigenvalue weighted by molar-refractivity contribution is 5.26. The average Bonchev–Trinajstić information content (AvgIpc) is 1.69. The van der Waals surface area contributed by atoms with Crippen molar-refractivity contribution in [3.05, 3.63) is 36.5 Å². The highest BCUT2D eigenvalue weighted by Gasteiger charge is 1.84. The molecule has 1 nitrogen and oxygen atoms in total. The van der Waals surface area contributed by atoms with Crippen LogP contribution in [-0.2, 0) is 0 Å². The van der Waals surface area contributed by atoms with Crippen LogP contribution in [0.1, 0.15) is 6.42 Å². The van der Waals surface area contributed by atoms with Gasteiger partial charge in [0.25, 0.3) is 0 Å². The molecule has 8 heavy (non-hydrogen) atoms. The Morgan fingerprint density at radius 2 is 2.12 bits per heavy atom. The van der Waals surface area contributed by atoms with Crippen molar-refractivity contribution in [1.29, 1.82) is 0 Å². The summed E-state index contributed by atoms with van der Waals surface area (Å²) in [6.45, 7) is 3.78. The van der Waals surface area contributed by atoms with Crippen LogP contribution in [0.25, 0.3) is 0 Å². The molecule has 0 amide bonds. The zero-order valence-corrected chi connectivity index (χ0v) is 4.72. The molecule has 0 aromatic rings. The van der Waals surface area contributed by atoms with Crippen molar-refractivity contribution in [2.45, 2.75) is 6.42 Å². The Balaban J connectivity index is 0.000000490. The maximum absolute atomic E-state index is 3.78. The smallest absolute Gasteiger partial charge is 0.0100 e. The standard InChI is InChI=1S/C7H8.H2O/c1-7-5-3-2-4-6-7;/h2-5H,1,6H2;1H2. The lowest BCUT2D eigenvalue weighted by molar-refractivity contribution is 0.824. The number of allylic oxidation sites excluding steroid dienone is 5. The van der Waals surface area contributed by atoms with Crippen LogP contribution in [0, 0.1) is 0 Å². The van der Waals surface area contributed by atoms with Crippen molar-refractivity contribution in [2.75, 3.05) is 0 Å². The maximum Gasteiger partial charge on any atom is -0.0100 e. The SMILES string of the molecule is C=C1C=CC=CC1.O. The molecule has 0 aromatic carbocycles. The van der Waals surface area contributed by atoms with E-state index in [2.05, 4.69) is 12.7 Å². The molecular formula is C7H10O. The van der Waals surface area contributed by atoms with E-state index in [1.54, 1.807) is 0 Å². The molecule has 0 aromatic heterocycles. The highest BCUT2D eigenvalue weighted by atomic mass is 16.0. The first-order chi connectivity index (χ1) is 3.39. The van der Waals surface area contributed by atoms with Crippen LogP contribution in [0.3, 0.4) is 0 Å². The van der Waals surface area contributed by atoms with E-state index >= 15 is 0 Å². The van der Waals surface area contributed by atoms with Gasteiger partial charge >= 0.3 is 0 Å². The van der Waals surface area contributed by atoms with Gasteiger partial charge in [0, 0.05) is 0 Å². The van der Waals surface area contributed by atoms with Gasteiger partial charge in [-0.3, -0.25) is 0 Å². The Morgan fingerprint density at radius 1 is 1.38 bits per heavy atom. The Kier molecular flexibility index (Phi) is 2.89. The summed E-state index contributed by atoms with van der Waals surface area (Å²) in [6.07, 6.45) is 9.19. The second-order valence-corrected chi connectivity index (χ2v) is 1.65. The molecule has 0 bridgehead atoms. The molecule has 1 aliphatic carbocycles. The van der Waals surface area contributed by atoms with Crippen LogP contribution in [0.2, 0.25) is 0 Å². The summed E-state index contributed by atoms with van der Waals surface area (Å²) in [5.41, 5.74) is 1.20. The number of rotatable bonds is 0. The third-order valence-electron chi connectivity index (χ3n) is 0.959. The monoisotopic (exact) mass is 110 g/mol. The van der Waals surface area contributed by atoms with E-state index < -0.39 is 0 Å². The van der Waals surface area contributed by atoms with Gasteiger partial charge in [-0.05, 0) is 6.42 Å². The van der Waals surface area contributed by atoms with Gasteiger partial charge in [-0.15, -0.1) is 0 Å². The largest absolute Gasteiger partial charge is 0.412 e. The predicted octanol–water partition coefficient (Wildman–Crippen LogP) is 1.23. The van der Waals surface area contributed by atoms with Crippen molar-refractivity contribution >= 4 is 0 Å². The van der Waals surface area contributed by atoms with Gasteiger partial charge in [0.2, 0.25) is 0 Å². The molecular weight excluding hydrogens is 100 g/mol. The third-order valence-corrected chi connectivity index (χ3v) is 0.959. The zero-order chi connectivity index (χ0) is 5.11. The van der Waals surface area contributed by atoms with Gasteiger partial charge < -0.3 is 5.48 Å². The molecule has 0 saturated heterocycles. The molecule has 0 atom stereocenters. The molecule has 2 N–H and O–H groups in total. The van der Waals surface area contributed by atoms with E-state index in [0.717, 1.165) is 6.42 Å². The van der Waals surface area contributed by atoms with Crippen molar-refractivity contribution in [3.8, 4) is 0 Å². The topological polar surface area (TPSA) is 31.5 Å². The molecule has 0 aliphatic heterocycles. The molecule has 0 spiro atoms. The Labute approximate surface area is 49.3 Å². The Hall–Kier alpha value is -0.820. The second kappa shape index (κ2) is 3.22. The molecule has 0 heterocycles. The van der Waals surface area contributed by atoms with E-state index in [9.17, 15) is 0 Å². The molecule has 1 rings (SSSR count). The molecule has 0 saturated carbocycles. The van der Waals surface area contributed by atoms with Crippen LogP contribution in [-0.4, -0.2) is 5.48 Å². The van der Waals surface area contributed by atoms with E-state index in [4.69, 9.17) is 0 Å². The van der Waals surface area contributed by atoms with Crippen molar-refractivity contribution in [1.82, 2.24) is 0 Å². The summed E-state index contributed by atoms with van der Waals surface area (Å²) in [7, 11) is 0. The molecule has 44 valence electrons. The quantitative estimate of drug-likeness (QED) is 0.449. The molecule has 0 unspecified atom stereocenters. The van der Waals surface area contributed by atoms with Crippen LogP contribution in [0.4, 0.5) is 0 Å². The third kappa shape index (κ3) is 1.76. The number of hydrogen-bond acceptors (Lipinski definition) is 0. The molecule has 1 aliphatic rings. The first-order valence-corrected chi connectivity index (χ1v) is 2.40. The summed E-state index contributed by atoms with van der Waals surface area (Å²) in [5.74, 6) is 0. The average molecular weight is 110 g/mol. The van der Waals surface area contributed by atoms with Gasteiger partial charge in [0.15, 0.2) is 0 Å². The van der Waals surface area contributed by atoms with Gasteiger partial charge in [0.1, 0.15) is 0 Å². The lowest BCUT2D eigenvalue weighted by Gasteiger charge is -1.94. The first kappa shape index (κ1) is 7.18. The summed E-state index contributed by atoms with van der Waals surface area (Å²) in [4.78, 5) is 0. The van der Waals surface area contributed by atoms with Crippen LogP contribution in [0.5, 0.6) is 0 Å². The summed E-state index contributed by atoms with van der Waals surface area (Å²) >= 11 is 0. The van der Waals surface area contributed by atoms with Crippen molar-refractivity contribution < 1.29 is 5.48 Å². The first-order valence-electron chi connectivity index (χ1n) is 2.40. The van der Waals surface area contributed by atoms with E-state index in [-0.39, 0.29) is 5.48 Å². The second-order valence-electron chi connectivity index (χ2n) is 1.65. The van der Waals surface area contributed by atoms with Gasteiger partial charge in [-0.2, -0.15) is 0 Å². The number of hydrogen-bond donors (Lipinski definition) is 0. The molecule has 1 heteroatoms. The van der Waals surface area contributed by atoms with Crippen LogP contribution in [0.15, 0.2) is 36.5 Å². The van der Waals surface area contributed by atoms with E-state index in [1.165, 1.54) is 5.57 Å². The lowest BCUT2D eigenvalue weighted by Crippen LogP contribution is -1.74. The van der Waals surface area contributed by atoms with Gasteiger partial charge in [0.05, 0.1) is 0 Å². The minimum absolute atomic E-state index is 0.